The maximum absolute atomic E-state index is 12.0. The third-order valence-corrected chi connectivity index (χ3v) is 2.78. The van der Waals surface area contributed by atoms with Crippen molar-refractivity contribution in [1.82, 2.24) is 4.90 Å². The predicted octanol–water partition coefficient (Wildman–Crippen LogP) is 0.786. The highest BCUT2D eigenvalue weighted by Gasteiger charge is 2.12. The SMILES string of the molecule is COCCN(CCO)C(=O)Nc1ccc(CC(=O)O)cc1. The number of aliphatic hydroxyl groups is 1. The first-order valence-electron chi connectivity index (χ1n) is 6.53. The van der Waals surface area contributed by atoms with Crippen molar-refractivity contribution in [2.45, 2.75) is 6.42 Å². The molecule has 7 nitrogen and oxygen atoms in total. The Balaban J connectivity index is 2.60. The summed E-state index contributed by atoms with van der Waals surface area (Å²) >= 11 is 0. The van der Waals surface area contributed by atoms with Crippen molar-refractivity contribution in [2.24, 2.45) is 0 Å². The van der Waals surface area contributed by atoms with Gasteiger partial charge in [0.1, 0.15) is 0 Å². The van der Waals surface area contributed by atoms with Gasteiger partial charge in [0.2, 0.25) is 0 Å². The number of carbonyl (C=O) groups is 2. The summed E-state index contributed by atoms with van der Waals surface area (Å²) in [7, 11) is 1.54. The molecule has 2 amide bonds. The summed E-state index contributed by atoms with van der Waals surface area (Å²) in [6.07, 6.45) is -0.0568. The van der Waals surface area contributed by atoms with Gasteiger partial charge in [-0.3, -0.25) is 4.79 Å². The van der Waals surface area contributed by atoms with Crippen LogP contribution in [0.2, 0.25) is 0 Å². The molecule has 1 aromatic rings. The number of carbonyl (C=O) groups excluding carboxylic acids is 1. The average molecular weight is 296 g/mol. The smallest absolute Gasteiger partial charge is 0.321 e. The fourth-order valence-electron chi connectivity index (χ4n) is 1.72. The zero-order valence-corrected chi connectivity index (χ0v) is 11.9. The number of hydrogen-bond acceptors (Lipinski definition) is 4. The second-order valence-corrected chi connectivity index (χ2v) is 4.40. The van der Waals surface area contributed by atoms with Crippen LogP contribution in [0.5, 0.6) is 0 Å². The number of amides is 2. The van der Waals surface area contributed by atoms with E-state index in [-0.39, 0.29) is 25.6 Å². The van der Waals surface area contributed by atoms with Crippen LogP contribution in [-0.4, -0.2) is 60.5 Å². The van der Waals surface area contributed by atoms with Gasteiger partial charge in [-0.15, -0.1) is 0 Å². The number of methoxy groups -OCH3 is 1. The molecular formula is C14H20N2O5. The van der Waals surface area contributed by atoms with Crippen molar-refractivity contribution >= 4 is 17.7 Å². The molecule has 1 rings (SSSR count). The molecule has 3 N–H and O–H groups in total. The van der Waals surface area contributed by atoms with Crippen LogP contribution in [-0.2, 0) is 16.0 Å². The molecule has 116 valence electrons. The van der Waals surface area contributed by atoms with Crippen LogP contribution < -0.4 is 5.32 Å². The Morgan fingerprint density at radius 1 is 1.24 bits per heavy atom. The van der Waals surface area contributed by atoms with Crippen LogP contribution in [0.25, 0.3) is 0 Å². The predicted molar refractivity (Wildman–Crippen MR) is 77.3 cm³/mol. The largest absolute Gasteiger partial charge is 0.481 e. The third kappa shape index (κ3) is 6.24. The summed E-state index contributed by atoms with van der Waals surface area (Å²) in [4.78, 5) is 24.0. The number of nitrogens with one attached hydrogen (secondary N) is 1. The van der Waals surface area contributed by atoms with Crippen molar-refractivity contribution in [3.05, 3.63) is 29.8 Å². The van der Waals surface area contributed by atoms with E-state index in [1.165, 1.54) is 12.0 Å². The minimum absolute atomic E-state index is 0.0568. The van der Waals surface area contributed by atoms with Gasteiger partial charge in [-0.05, 0) is 17.7 Å². The topological polar surface area (TPSA) is 99.1 Å². The third-order valence-electron chi connectivity index (χ3n) is 2.78. The van der Waals surface area contributed by atoms with E-state index in [9.17, 15) is 9.59 Å². The van der Waals surface area contributed by atoms with Crippen molar-refractivity contribution in [3.63, 3.8) is 0 Å². The van der Waals surface area contributed by atoms with Gasteiger partial charge in [0.05, 0.1) is 19.6 Å². The van der Waals surface area contributed by atoms with Crippen molar-refractivity contribution in [3.8, 4) is 0 Å². The summed E-state index contributed by atoms with van der Waals surface area (Å²) in [6, 6.07) is 6.24. The summed E-state index contributed by atoms with van der Waals surface area (Å²) in [5.41, 5.74) is 1.22. The minimum Gasteiger partial charge on any atom is -0.481 e. The van der Waals surface area contributed by atoms with Crippen LogP contribution in [0, 0.1) is 0 Å². The minimum atomic E-state index is -0.902. The number of urea groups is 1. The number of aliphatic hydroxyl groups excluding tert-OH is 1. The molecule has 0 aliphatic rings. The van der Waals surface area contributed by atoms with Gasteiger partial charge in [0.25, 0.3) is 0 Å². The standard InChI is InChI=1S/C14H20N2O5/c1-21-9-7-16(6-8-17)14(20)15-12-4-2-11(3-5-12)10-13(18)19/h2-5,17H,6-10H2,1H3,(H,15,20)(H,18,19). The molecule has 0 bridgehead atoms. The number of benzene rings is 1. The van der Waals surface area contributed by atoms with Gasteiger partial charge in [0, 0.05) is 25.9 Å². The lowest BCUT2D eigenvalue weighted by Crippen LogP contribution is -2.39. The van der Waals surface area contributed by atoms with Gasteiger partial charge in [-0.25, -0.2) is 4.79 Å². The van der Waals surface area contributed by atoms with Crippen LogP contribution in [0.15, 0.2) is 24.3 Å². The van der Waals surface area contributed by atoms with Gasteiger partial charge in [0.15, 0.2) is 0 Å². The Hall–Kier alpha value is -2.12. The lowest BCUT2D eigenvalue weighted by Gasteiger charge is -2.21. The number of rotatable bonds is 8. The van der Waals surface area contributed by atoms with E-state index in [0.29, 0.717) is 24.4 Å². The number of ether oxygens (including phenoxy) is 1. The number of anilines is 1. The summed E-state index contributed by atoms with van der Waals surface area (Å²) < 4.78 is 4.91. The van der Waals surface area contributed by atoms with Crippen LogP contribution >= 0.6 is 0 Å². The second-order valence-electron chi connectivity index (χ2n) is 4.40. The Kier molecular flexibility index (Phi) is 7.20. The number of carboxylic acid groups (broad SMARTS) is 1. The van der Waals surface area contributed by atoms with E-state index >= 15 is 0 Å². The molecule has 1 aromatic carbocycles. The van der Waals surface area contributed by atoms with Crippen LogP contribution in [0.3, 0.4) is 0 Å². The molecule has 0 spiro atoms. The van der Waals surface area contributed by atoms with Gasteiger partial charge < -0.3 is 25.2 Å². The van der Waals surface area contributed by atoms with E-state index < -0.39 is 5.97 Å². The second kappa shape index (κ2) is 8.93. The molecule has 0 saturated carbocycles. The molecule has 0 fully saturated rings. The first kappa shape index (κ1) is 16.9. The van der Waals surface area contributed by atoms with E-state index in [0.717, 1.165) is 0 Å². The van der Waals surface area contributed by atoms with Gasteiger partial charge in [-0.1, -0.05) is 12.1 Å². The molecule has 0 heterocycles. The molecule has 0 saturated heterocycles. The molecule has 0 aliphatic heterocycles. The van der Waals surface area contributed by atoms with E-state index in [1.54, 1.807) is 24.3 Å². The quantitative estimate of drug-likeness (QED) is 0.658. The Bertz CT molecular complexity index is 461. The lowest BCUT2D eigenvalue weighted by atomic mass is 10.1. The summed E-state index contributed by atoms with van der Waals surface area (Å²) in [6.45, 7) is 0.839. The Morgan fingerprint density at radius 2 is 1.90 bits per heavy atom. The molecule has 0 aromatic heterocycles. The highest BCUT2D eigenvalue weighted by atomic mass is 16.5. The Labute approximate surface area is 123 Å². The highest BCUT2D eigenvalue weighted by molar-refractivity contribution is 5.89. The molecule has 21 heavy (non-hydrogen) atoms. The summed E-state index contributed by atoms with van der Waals surface area (Å²) in [5.74, 6) is -0.902. The van der Waals surface area contributed by atoms with E-state index in [1.807, 2.05) is 0 Å². The maximum Gasteiger partial charge on any atom is 0.321 e. The van der Waals surface area contributed by atoms with Crippen LogP contribution in [0.1, 0.15) is 5.56 Å². The number of carboxylic acids is 1. The van der Waals surface area contributed by atoms with Crippen molar-refractivity contribution in [1.29, 1.82) is 0 Å². The van der Waals surface area contributed by atoms with E-state index in [4.69, 9.17) is 14.9 Å². The monoisotopic (exact) mass is 296 g/mol. The van der Waals surface area contributed by atoms with Gasteiger partial charge in [-0.2, -0.15) is 0 Å². The maximum atomic E-state index is 12.0. The van der Waals surface area contributed by atoms with Crippen LogP contribution in [0.4, 0.5) is 10.5 Å². The zero-order valence-electron chi connectivity index (χ0n) is 11.9. The van der Waals surface area contributed by atoms with E-state index in [2.05, 4.69) is 5.32 Å². The normalized spacial score (nSPS) is 10.2. The highest BCUT2D eigenvalue weighted by Crippen LogP contribution is 2.11. The molecule has 0 radical (unpaired) electrons. The van der Waals surface area contributed by atoms with Crippen molar-refractivity contribution < 1.29 is 24.5 Å². The molecule has 7 heteroatoms. The molecule has 0 aliphatic carbocycles. The number of nitrogens with zero attached hydrogens (tertiary/aromatic N) is 1. The number of hydrogen-bond donors (Lipinski definition) is 3. The molecule has 0 atom stereocenters. The number of aliphatic carboxylic acids is 1. The van der Waals surface area contributed by atoms with Gasteiger partial charge >= 0.3 is 12.0 Å². The Morgan fingerprint density at radius 3 is 2.43 bits per heavy atom. The lowest BCUT2D eigenvalue weighted by molar-refractivity contribution is -0.136. The first-order valence-corrected chi connectivity index (χ1v) is 6.53. The molecular weight excluding hydrogens is 276 g/mol. The first-order chi connectivity index (χ1) is 10.1. The molecule has 0 unspecified atom stereocenters. The zero-order chi connectivity index (χ0) is 15.7. The fraction of sp³-hybridized carbons (Fsp3) is 0.429. The summed E-state index contributed by atoms with van der Waals surface area (Å²) in [5, 5.41) is 20.3. The fourth-order valence-corrected chi connectivity index (χ4v) is 1.72. The average Bonchev–Trinajstić information content (AvgIpc) is 2.45. The van der Waals surface area contributed by atoms with Crippen molar-refractivity contribution in [2.75, 3.05) is 38.7 Å².